The molecule has 1 aliphatic carbocycles. The molecule has 1 saturated heterocycles. The number of nitrogens with zero attached hydrogens (tertiary/aromatic N) is 6. The molecule has 1 atom stereocenters. The van der Waals surface area contributed by atoms with Crippen molar-refractivity contribution in [2.24, 2.45) is 7.05 Å². The molecule has 10 heteroatoms. The Labute approximate surface area is 183 Å². The number of aryl methyl sites for hydroxylation is 1. The van der Waals surface area contributed by atoms with Crippen molar-refractivity contribution in [2.45, 2.75) is 56.9 Å². The lowest BCUT2D eigenvalue weighted by Gasteiger charge is -2.29. The third-order valence-corrected chi connectivity index (χ3v) is 6.40. The molecule has 31 heavy (non-hydrogen) atoms. The molecule has 4 heterocycles. The number of hydrogen-bond acceptors (Lipinski definition) is 4. The van der Waals surface area contributed by atoms with Gasteiger partial charge in [0.05, 0.1) is 17.3 Å². The Morgan fingerprint density at radius 3 is 2.71 bits per heavy atom. The maximum absolute atomic E-state index is 13.7. The molecular formula is C21H23ClF2N6O. The van der Waals surface area contributed by atoms with Gasteiger partial charge in [-0.1, -0.05) is 24.4 Å². The highest BCUT2D eigenvalue weighted by atomic mass is 35.5. The highest BCUT2D eigenvalue weighted by molar-refractivity contribution is 6.31. The van der Waals surface area contributed by atoms with Crippen LogP contribution in [0.4, 0.5) is 8.78 Å². The van der Waals surface area contributed by atoms with Crippen molar-refractivity contribution in [2.75, 3.05) is 6.54 Å². The molecule has 0 N–H and O–H groups in total. The maximum atomic E-state index is 13.7. The Kier molecular flexibility index (Phi) is 5.16. The molecule has 5 rings (SSSR count). The summed E-state index contributed by atoms with van der Waals surface area (Å²) in [5.74, 6) is -0.0945. The van der Waals surface area contributed by atoms with Crippen molar-refractivity contribution in [1.29, 1.82) is 0 Å². The summed E-state index contributed by atoms with van der Waals surface area (Å²) in [6.45, 7) is 0.539. The van der Waals surface area contributed by atoms with Crippen LogP contribution in [0.3, 0.4) is 0 Å². The van der Waals surface area contributed by atoms with Crippen LogP contribution in [0, 0.1) is 0 Å². The van der Waals surface area contributed by atoms with Crippen LogP contribution in [0.15, 0.2) is 18.5 Å². The van der Waals surface area contributed by atoms with Crippen LogP contribution >= 0.6 is 11.6 Å². The minimum atomic E-state index is -2.70. The summed E-state index contributed by atoms with van der Waals surface area (Å²) in [6, 6.07) is 1.14. The smallest absolute Gasteiger partial charge is 0.280 e. The third-order valence-electron chi connectivity index (χ3n) is 6.11. The molecule has 0 bridgehead atoms. The summed E-state index contributed by atoms with van der Waals surface area (Å²) >= 11 is 6.41. The van der Waals surface area contributed by atoms with Crippen molar-refractivity contribution in [3.05, 3.63) is 46.1 Å². The number of alkyl halides is 2. The first-order chi connectivity index (χ1) is 14.9. The average Bonchev–Trinajstić information content (AvgIpc) is 3.47. The second kappa shape index (κ2) is 7.85. The van der Waals surface area contributed by atoms with Crippen molar-refractivity contribution >= 4 is 23.2 Å². The zero-order chi connectivity index (χ0) is 21.7. The number of aromatic nitrogens is 5. The predicted molar refractivity (Wildman–Crippen MR) is 110 cm³/mol. The van der Waals surface area contributed by atoms with E-state index >= 15 is 0 Å². The standard InChI is InChI=1S/C21H23ClF2N6O/c1-28-11-14(22)18(27-28)16-5-3-2-4-8-29(16)21(31)13-10-25-30-17(19(23)24)9-15(12-6-7-12)26-20(13)30/h9-12,16,19H,2-8H2,1H3/t16-/m0/s1. The van der Waals surface area contributed by atoms with Crippen LogP contribution in [0.25, 0.3) is 5.65 Å². The summed E-state index contributed by atoms with van der Waals surface area (Å²) in [6.07, 6.45) is 5.77. The van der Waals surface area contributed by atoms with Gasteiger partial charge in [-0.15, -0.1) is 0 Å². The zero-order valence-electron chi connectivity index (χ0n) is 17.1. The van der Waals surface area contributed by atoms with E-state index in [1.54, 1.807) is 22.8 Å². The summed E-state index contributed by atoms with van der Waals surface area (Å²) in [5.41, 5.74) is 1.47. The molecule has 2 fully saturated rings. The molecular weight excluding hydrogens is 426 g/mol. The Morgan fingerprint density at radius 1 is 1.23 bits per heavy atom. The van der Waals surface area contributed by atoms with Crippen molar-refractivity contribution < 1.29 is 13.6 Å². The molecule has 3 aromatic rings. The topological polar surface area (TPSA) is 68.3 Å². The second-order valence-electron chi connectivity index (χ2n) is 8.37. The fourth-order valence-electron chi connectivity index (χ4n) is 4.39. The van der Waals surface area contributed by atoms with E-state index in [1.165, 1.54) is 12.3 Å². The molecule has 7 nitrogen and oxygen atoms in total. The van der Waals surface area contributed by atoms with Gasteiger partial charge in [-0.05, 0) is 31.7 Å². The number of carbonyl (C=O) groups excluding carboxylic acids is 1. The minimum absolute atomic E-state index is 0.179. The summed E-state index contributed by atoms with van der Waals surface area (Å²) in [4.78, 5) is 20.0. The molecule has 1 amide bonds. The summed E-state index contributed by atoms with van der Waals surface area (Å²) in [5, 5.41) is 9.11. The van der Waals surface area contributed by atoms with Gasteiger partial charge < -0.3 is 4.90 Å². The lowest BCUT2D eigenvalue weighted by Crippen LogP contribution is -2.35. The van der Waals surface area contributed by atoms with E-state index in [0.29, 0.717) is 23.0 Å². The highest BCUT2D eigenvalue weighted by Crippen LogP contribution is 2.41. The van der Waals surface area contributed by atoms with Gasteiger partial charge in [0.15, 0.2) is 5.65 Å². The normalized spacial score (nSPS) is 19.9. The molecule has 2 aliphatic rings. The lowest BCUT2D eigenvalue weighted by molar-refractivity contribution is 0.0678. The lowest BCUT2D eigenvalue weighted by atomic mass is 10.1. The molecule has 0 aromatic carbocycles. The number of likely N-dealkylation sites (tertiary alicyclic amines) is 1. The van der Waals surface area contributed by atoms with E-state index < -0.39 is 6.43 Å². The quantitative estimate of drug-likeness (QED) is 0.580. The van der Waals surface area contributed by atoms with Gasteiger partial charge in [-0.3, -0.25) is 9.48 Å². The van der Waals surface area contributed by atoms with Gasteiger partial charge in [0.25, 0.3) is 12.3 Å². The first kappa shape index (κ1) is 20.4. The van der Waals surface area contributed by atoms with Crippen molar-refractivity contribution in [3.8, 4) is 0 Å². The van der Waals surface area contributed by atoms with Gasteiger partial charge in [0, 0.05) is 31.4 Å². The van der Waals surface area contributed by atoms with E-state index in [0.717, 1.165) is 43.0 Å². The van der Waals surface area contributed by atoms with Crippen LogP contribution in [0.1, 0.15) is 84.3 Å². The molecule has 0 spiro atoms. The fourth-order valence-corrected chi connectivity index (χ4v) is 4.70. The van der Waals surface area contributed by atoms with Gasteiger partial charge in [0.2, 0.25) is 0 Å². The van der Waals surface area contributed by atoms with Crippen LogP contribution in [-0.2, 0) is 7.05 Å². The Hall–Kier alpha value is -2.55. The van der Waals surface area contributed by atoms with Crippen LogP contribution in [0.5, 0.6) is 0 Å². The van der Waals surface area contributed by atoms with Crippen molar-refractivity contribution in [1.82, 2.24) is 29.3 Å². The zero-order valence-corrected chi connectivity index (χ0v) is 17.9. The summed E-state index contributed by atoms with van der Waals surface area (Å²) in [7, 11) is 1.79. The van der Waals surface area contributed by atoms with Gasteiger partial charge in [-0.2, -0.15) is 10.2 Å². The van der Waals surface area contributed by atoms with E-state index in [9.17, 15) is 13.6 Å². The predicted octanol–water partition coefficient (Wildman–Crippen LogP) is 4.69. The molecule has 0 radical (unpaired) electrons. The second-order valence-corrected chi connectivity index (χ2v) is 8.78. The van der Waals surface area contributed by atoms with Crippen molar-refractivity contribution in [3.63, 3.8) is 0 Å². The van der Waals surface area contributed by atoms with E-state index in [-0.39, 0.29) is 34.8 Å². The number of hydrogen-bond donors (Lipinski definition) is 0. The highest BCUT2D eigenvalue weighted by Gasteiger charge is 2.34. The first-order valence-corrected chi connectivity index (χ1v) is 11.0. The number of carbonyl (C=O) groups is 1. The first-order valence-electron chi connectivity index (χ1n) is 10.6. The third kappa shape index (κ3) is 3.69. The number of halogens is 3. The monoisotopic (exact) mass is 448 g/mol. The summed E-state index contributed by atoms with van der Waals surface area (Å²) < 4.78 is 30.1. The Balaban J connectivity index is 1.58. The van der Waals surface area contributed by atoms with Crippen LogP contribution in [-0.4, -0.2) is 41.7 Å². The molecule has 0 unspecified atom stereocenters. The SMILES string of the molecule is Cn1cc(Cl)c([C@@H]2CCCCCN2C(=O)c2cnn3c(C(F)F)cc(C4CC4)nc23)n1. The molecule has 1 saturated carbocycles. The van der Waals surface area contributed by atoms with Crippen LogP contribution < -0.4 is 0 Å². The number of amides is 1. The fraction of sp³-hybridized carbons (Fsp3) is 0.524. The Bertz CT molecular complexity index is 1140. The van der Waals surface area contributed by atoms with Crippen LogP contribution in [0.2, 0.25) is 5.02 Å². The van der Waals surface area contributed by atoms with E-state index in [4.69, 9.17) is 11.6 Å². The largest absolute Gasteiger partial charge is 0.330 e. The number of fused-ring (bicyclic) bond motifs is 1. The molecule has 1 aliphatic heterocycles. The number of rotatable bonds is 4. The Morgan fingerprint density at radius 2 is 2.03 bits per heavy atom. The van der Waals surface area contributed by atoms with Gasteiger partial charge in [-0.25, -0.2) is 18.3 Å². The van der Waals surface area contributed by atoms with Gasteiger partial charge >= 0.3 is 0 Å². The maximum Gasteiger partial charge on any atom is 0.280 e. The average molecular weight is 449 g/mol. The van der Waals surface area contributed by atoms with E-state index in [2.05, 4.69) is 15.2 Å². The molecule has 3 aromatic heterocycles. The van der Waals surface area contributed by atoms with Gasteiger partial charge in [0.1, 0.15) is 17.0 Å². The molecule has 164 valence electrons. The minimum Gasteiger partial charge on any atom is -0.330 e. The van der Waals surface area contributed by atoms with E-state index in [1.807, 2.05) is 0 Å².